The van der Waals surface area contributed by atoms with E-state index in [1.54, 1.807) is 0 Å². The van der Waals surface area contributed by atoms with Crippen LogP contribution in [0.15, 0.2) is 0 Å². The summed E-state index contributed by atoms with van der Waals surface area (Å²) in [5, 5.41) is 0. The van der Waals surface area contributed by atoms with Gasteiger partial charge in [0.15, 0.2) is 0 Å². The van der Waals surface area contributed by atoms with Crippen molar-refractivity contribution in [3.63, 3.8) is 0 Å². The molecule has 0 fully saturated rings. The van der Waals surface area contributed by atoms with Gasteiger partial charge >= 0.3 is 0 Å². The van der Waals surface area contributed by atoms with E-state index in [1.165, 1.54) is 83.5 Å². The molecule has 0 aliphatic carbocycles. The molecule has 0 aliphatic rings. The Morgan fingerprint density at radius 1 is 0.556 bits per heavy atom. The third-order valence-electron chi connectivity index (χ3n) is 3.94. The molecular weight excluding hydrogens is 240 g/mol. The minimum atomic E-state index is 0.123. The van der Waals surface area contributed by atoms with E-state index in [0.717, 1.165) is 0 Å². The van der Waals surface area contributed by atoms with Crippen molar-refractivity contribution in [3.05, 3.63) is 0 Å². The molecule has 1 heteroatoms. The molecule has 0 saturated carbocycles. The first-order valence-corrected chi connectivity index (χ1v) is 8.75. The normalized spacial score (nSPS) is 12.0. The van der Waals surface area contributed by atoms with Gasteiger partial charge in [0.05, 0.1) is 0 Å². The largest absolute Gasteiger partial charge is 0.119 e. The van der Waals surface area contributed by atoms with Gasteiger partial charge in [0.1, 0.15) is 0 Å². The van der Waals surface area contributed by atoms with Gasteiger partial charge in [-0.05, 0) is 19.3 Å². The molecule has 0 amide bonds. The highest BCUT2D eigenvalue weighted by Crippen LogP contribution is 2.34. The van der Waals surface area contributed by atoms with Crippen LogP contribution in [0.2, 0.25) is 0 Å². The van der Waals surface area contributed by atoms with E-state index in [1.807, 2.05) is 0 Å². The smallest absolute Gasteiger partial charge is 0.0446 e. The van der Waals surface area contributed by atoms with Crippen LogP contribution in [0.25, 0.3) is 0 Å². The molecule has 0 atom stereocenters. The molecule has 0 rings (SSSR count). The van der Waals surface area contributed by atoms with Crippen molar-refractivity contribution >= 4 is 11.6 Å². The maximum Gasteiger partial charge on any atom is 0.0446 e. The van der Waals surface area contributed by atoms with Crippen molar-refractivity contribution in [3.8, 4) is 0 Å². The van der Waals surface area contributed by atoms with Gasteiger partial charge in [0, 0.05) is 4.87 Å². The van der Waals surface area contributed by atoms with Crippen LogP contribution in [0.3, 0.4) is 0 Å². The van der Waals surface area contributed by atoms with Crippen LogP contribution in [-0.4, -0.2) is 4.87 Å². The Kier molecular flexibility index (Phi) is 12.5. The van der Waals surface area contributed by atoms with E-state index in [4.69, 9.17) is 11.6 Å². The van der Waals surface area contributed by atoms with E-state index >= 15 is 0 Å². The zero-order valence-electron chi connectivity index (χ0n) is 13.1. The molecule has 0 aromatic rings. The Labute approximate surface area is 121 Å². The van der Waals surface area contributed by atoms with Gasteiger partial charge in [-0.25, -0.2) is 0 Å². The molecule has 0 aliphatic heterocycles. The third-order valence-corrected chi connectivity index (χ3v) is 4.50. The molecule has 0 spiro atoms. The number of rotatable bonds is 13. The highest BCUT2D eigenvalue weighted by Gasteiger charge is 2.25. The maximum absolute atomic E-state index is 6.89. The number of halogens is 1. The zero-order chi connectivity index (χ0) is 13.7. The summed E-state index contributed by atoms with van der Waals surface area (Å²) in [5.74, 6) is 0. The lowest BCUT2D eigenvalue weighted by atomic mass is 9.89. The summed E-state index contributed by atoms with van der Waals surface area (Å²) >= 11 is 6.89. The lowest BCUT2D eigenvalue weighted by Gasteiger charge is -2.27. The average molecular weight is 275 g/mol. The monoisotopic (exact) mass is 274 g/mol. The van der Waals surface area contributed by atoms with Gasteiger partial charge in [-0.15, -0.1) is 11.6 Å². The lowest BCUT2D eigenvalue weighted by molar-refractivity contribution is 0.402. The lowest BCUT2D eigenvalue weighted by Crippen LogP contribution is -2.21. The molecule has 0 unspecified atom stereocenters. The molecule has 0 radical (unpaired) electrons. The van der Waals surface area contributed by atoms with Crippen molar-refractivity contribution in [2.45, 2.75) is 109 Å². The molecular formula is C17H35Cl. The van der Waals surface area contributed by atoms with Gasteiger partial charge < -0.3 is 0 Å². The Morgan fingerprint density at radius 3 is 1.28 bits per heavy atom. The molecule has 0 aromatic heterocycles. The predicted octanol–water partition coefficient (Wildman–Crippen LogP) is 7.10. The second kappa shape index (κ2) is 12.3. The second-order valence-electron chi connectivity index (χ2n) is 5.88. The maximum atomic E-state index is 6.89. The predicted molar refractivity (Wildman–Crippen MR) is 85.6 cm³/mol. The van der Waals surface area contributed by atoms with Crippen LogP contribution < -0.4 is 0 Å². The number of hydrogen-bond acceptors (Lipinski definition) is 0. The fourth-order valence-corrected chi connectivity index (χ4v) is 3.03. The zero-order valence-corrected chi connectivity index (χ0v) is 13.8. The van der Waals surface area contributed by atoms with Crippen LogP contribution in [0, 0.1) is 0 Å². The third kappa shape index (κ3) is 10.2. The fourth-order valence-electron chi connectivity index (χ4n) is 2.63. The van der Waals surface area contributed by atoms with Crippen LogP contribution in [0.1, 0.15) is 104 Å². The summed E-state index contributed by atoms with van der Waals surface area (Å²) in [7, 11) is 0. The van der Waals surface area contributed by atoms with E-state index in [0.29, 0.717) is 0 Å². The molecule has 18 heavy (non-hydrogen) atoms. The Morgan fingerprint density at radius 2 is 0.889 bits per heavy atom. The Hall–Kier alpha value is 0.290. The Bertz CT molecular complexity index is 155. The average Bonchev–Trinajstić information content (AvgIpc) is 2.36. The quantitative estimate of drug-likeness (QED) is 0.248. The molecule has 0 nitrogen and oxygen atoms in total. The molecule has 0 saturated heterocycles. The van der Waals surface area contributed by atoms with Crippen LogP contribution >= 0.6 is 11.6 Å². The van der Waals surface area contributed by atoms with Crippen molar-refractivity contribution in [1.29, 1.82) is 0 Å². The Balaban J connectivity index is 3.95. The van der Waals surface area contributed by atoms with E-state index in [9.17, 15) is 0 Å². The van der Waals surface area contributed by atoms with Crippen LogP contribution in [0.5, 0.6) is 0 Å². The minimum absolute atomic E-state index is 0.123. The molecule has 0 N–H and O–H groups in total. The topological polar surface area (TPSA) is 0 Å². The van der Waals surface area contributed by atoms with Crippen LogP contribution in [0.4, 0.5) is 0 Å². The summed E-state index contributed by atoms with van der Waals surface area (Å²) in [6.45, 7) is 6.82. The summed E-state index contributed by atoms with van der Waals surface area (Å²) in [4.78, 5) is 0.123. The summed E-state index contributed by atoms with van der Waals surface area (Å²) in [6.07, 6.45) is 17.0. The van der Waals surface area contributed by atoms with Gasteiger partial charge in [0.2, 0.25) is 0 Å². The number of alkyl halides is 1. The summed E-state index contributed by atoms with van der Waals surface area (Å²) in [6, 6.07) is 0. The van der Waals surface area contributed by atoms with Crippen molar-refractivity contribution in [2.24, 2.45) is 0 Å². The van der Waals surface area contributed by atoms with E-state index in [2.05, 4.69) is 20.8 Å². The molecule has 110 valence electrons. The van der Waals surface area contributed by atoms with Crippen molar-refractivity contribution in [2.75, 3.05) is 0 Å². The SMILES string of the molecule is CCCCCCC(Cl)(CCCCC)CCCCC. The van der Waals surface area contributed by atoms with Crippen molar-refractivity contribution < 1.29 is 0 Å². The first kappa shape index (κ1) is 18.3. The highest BCUT2D eigenvalue weighted by atomic mass is 35.5. The summed E-state index contributed by atoms with van der Waals surface area (Å²) < 4.78 is 0. The van der Waals surface area contributed by atoms with E-state index in [-0.39, 0.29) is 4.87 Å². The minimum Gasteiger partial charge on any atom is -0.119 e. The molecule has 0 bridgehead atoms. The number of hydrogen-bond donors (Lipinski definition) is 0. The first-order valence-electron chi connectivity index (χ1n) is 8.37. The van der Waals surface area contributed by atoms with Gasteiger partial charge in [-0.2, -0.15) is 0 Å². The van der Waals surface area contributed by atoms with Gasteiger partial charge in [-0.3, -0.25) is 0 Å². The standard InChI is InChI=1S/C17H35Cl/c1-4-7-10-13-16-17(18,14-11-8-5-2)15-12-9-6-3/h4-16H2,1-3H3. The summed E-state index contributed by atoms with van der Waals surface area (Å²) in [5.41, 5.74) is 0. The van der Waals surface area contributed by atoms with Crippen LogP contribution in [-0.2, 0) is 0 Å². The number of unbranched alkanes of at least 4 members (excludes halogenated alkanes) is 7. The van der Waals surface area contributed by atoms with E-state index < -0.39 is 0 Å². The van der Waals surface area contributed by atoms with Gasteiger partial charge in [0.25, 0.3) is 0 Å². The molecule has 0 heterocycles. The molecule has 0 aromatic carbocycles. The highest BCUT2D eigenvalue weighted by molar-refractivity contribution is 6.23. The van der Waals surface area contributed by atoms with Gasteiger partial charge in [-0.1, -0.05) is 85.0 Å². The first-order chi connectivity index (χ1) is 8.68. The fraction of sp³-hybridized carbons (Fsp3) is 1.00. The second-order valence-corrected chi connectivity index (χ2v) is 6.68. The van der Waals surface area contributed by atoms with Crippen molar-refractivity contribution in [1.82, 2.24) is 0 Å².